The van der Waals surface area contributed by atoms with Crippen molar-refractivity contribution in [3.05, 3.63) is 54.2 Å². The zero-order chi connectivity index (χ0) is 19.6. The molecule has 6 nitrogen and oxygen atoms in total. The van der Waals surface area contributed by atoms with Gasteiger partial charge in [-0.15, -0.1) is 24.0 Å². The molecule has 0 saturated carbocycles. The van der Waals surface area contributed by atoms with Gasteiger partial charge in [0.05, 0.1) is 6.61 Å². The van der Waals surface area contributed by atoms with Gasteiger partial charge in [-0.3, -0.25) is 4.99 Å². The molecule has 1 aromatic heterocycles. The van der Waals surface area contributed by atoms with Crippen LogP contribution < -0.4 is 20.3 Å². The summed E-state index contributed by atoms with van der Waals surface area (Å²) in [4.78, 5) is 11.2. The molecule has 1 aromatic carbocycles. The van der Waals surface area contributed by atoms with E-state index in [1.807, 2.05) is 25.4 Å². The second-order valence-electron chi connectivity index (χ2n) is 7.02. The minimum absolute atomic E-state index is 0. The first-order valence-electron chi connectivity index (χ1n) is 10.1. The molecule has 2 aromatic rings. The molecule has 7 heteroatoms. The van der Waals surface area contributed by atoms with E-state index in [2.05, 4.69) is 62.8 Å². The smallest absolute Gasteiger partial charge is 0.213 e. The number of aliphatic imine (C=N–C) groups is 1. The second kappa shape index (κ2) is 12.5. The third kappa shape index (κ3) is 7.38. The highest BCUT2D eigenvalue weighted by Crippen LogP contribution is 2.19. The van der Waals surface area contributed by atoms with Crippen molar-refractivity contribution in [2.75, 3.05) is 31.6 Å². The third-order valence-corrected chi connectivity index (χ3v) is 4.89. The average molecular weight is 509 g/mol. The Balaban J connectivity index is 0.00000300. The van der Waals surface area contributed by atoms with E-state index in [0.29, 0.717) is 25.1 Å². The maximum absolute atomic E-state index is 5.53. The van der Waals surface area contributed by atoms with Crippen LogP contribution in [0.1, 0.15) is 31.7 Å². The fourth-order valence-corrected chi connectivity index (χ4v) is 3.30. The van der Waals surface area contributed by atoms with Crippen molar-refractivity contribution in [3.8, 4) is 5.88 Å². The van der Waals surface area contributed by atoms with Crippen LogP contribution in [-0.4, -0.2) is 43.7 Å². The van der Waals surface area contributed by atoms with E-state index in [9.17, 15) is 0 Å². The van der Waals surface area contributed by atoms with Gasteiger partial charge in [-0.25, -0.2) is 4.98 Å². The van der Waals surface area contributed by atoms with Gasteiger partial charge in [0.1, 0.15) is 0 Å². The van der Waals surface area contributed by atoms with E-state index in [1.54, 1.807) is 0 Å². The van der Waals surface area contributed by atoms with Gasteiger partial charge in [0.2, 0.25) is 5.88 Å². The minimum Gasteiger partial charge on any atom is -0.478 e. The lowest BCUT2D eigenvalue weighted by atomic mass is 10.0. The molecule has 1 aliphatic heterocycles. The molecule has 1 fully saturated rings. The Kier molecular flexibility index (Phi) is 10.0. The number of rotatable bonds is 7. The summed E-state index contributed by atoms with van der Waals surface area (Å²) < 4.78 is 5.53. The zero-order valence-electron chi connectivity index (χ0n) is 17.3. The number of benzene rings is 1. The number of ether oxygens (including phenoxy) is 1. The molecular formula is C22H32IN5O. The van der Waals surface area contributed by atoms with Gasteiger partial charge in [0.25, 0.3) is 0 Å². The van der Waals surface area contributed by atoms with Gasteiger partial charge in [0.15, 0.2) is 5.96 Å². The second-order valence-corrected chi connectivity index (χ2v) is 7.02. The predicted octanol–water partition coefficient (Wildman–Crippen LogP) is 3.82. The van der Waals surface area contributed by atoms with Crippen LogP contribution >= 0.6 is 24.0 Å². The van der Waals surface area contributed by atoms with E-state index < -0.39 is 0 Å². The molecule has 0 aliphatic carbocycles. The fraction of sp³-hybridized carbons (Fsp3) is 0.455. The van der Waals surface area contributed by atoms with Gasteiger partial charge in [-0.05, 0) is 37.0 Å². The van der Waals surface area contributed by atoms with Gasteiger partial charge in [-0.2, -0.15) is 0 Å². The van der Waals surface area contributed by atoms with E-state index in [0.717, 1.165) is 43.9 Å². The lowest BCUT2D eigenvalue weighted by molar-refractivity contribution is 0.305. The maximum Gasteiger partial charge on any atom is 0.213 e. The molecule has 1 aliphatic rings. The SMILES string of the molecule is CCCOc1ccc(CNC(=NC)NC2CCN(c3ccccc3)CC2)cn1.I. The van der Waals surface area contributed by atoms with E-state index in [-0.39, 0.29) is 24.0 Å². The Hall–Kier alpha value is -2.03. The predicted molar refractivity (Wildman–Crippen MR) is 130 cm³/mol. The summed E-state index contributed by atoms with van der Waals surface area (Å²) in [6.07, 6.45) is 5.03. The number of nitrogens with zero attached hydrogens (tertiary/aromatic N) is 3. The van der Waals surface area contributed by atoms with Crippen LogP contribution in [0.25, 0.3) is 0 Å². The summed E-state index contributed by atoms with van der Waals surface area (Å²) in [5.41, 5.74) is 2.41. The van der Waals surface area contributed by atoms with Crippen LogP contribution in [0.15, 0.2) is 53.7 Å². The van der Waals surface area contributed by atoms with E-state index >= 15 is 0 Å². The van der Waals surface area contributed by atoms with Gasteiger partial charge < -0.3 is 20.3 Å². The Morgan fingerprint density at radius 1 is 1.17 bits per heavy atom. The number of pyridine rings is 1. The van der Waals surface area contributed by atoms with Crippen molar-refractivity contribution < 1.29 is 4.74 Å². The van der Waals surface area contributed by atoms with Crippen molar-refractivity contribution in [1.29, 1.82) is 0 Å². The van der Waals surface area contributed by atoms with Crippen LogP contribution in [0.3, 0.4) is 0 Å². The normalized spacial score (nSPS) is 14.8. The molecule has 29 heavy (non-hydrogen) atoms. The van der Waals surface area contributed by atoms with Crippen LogP contribution in [0.5, 0.6) is 5.88 Å². The first kappa shape index (κ1) is 23.3. The standard InChI is InChI=1S/C22H31N5O.HI/c1-3-15-28-21-10-9-18(16-24-21)17-25-22(23-2)26-19-11-13-27(14-12-19)20-7-5-4-6-8-20;/h4-10,16,19H,3,11-15,17H2,1-2H3,(H2,23,25,26);1H. The Labute approximate surface area is 191 Å². The van der Waals surface area contributed by atoms with Crippen LogP contribution in [-0.2, 0) is 6.54 Å². The summed E-state index contributed by atoms with van der Waals surface area (Å²) in [5, 5.41) is 6.94. The highest BCUT2D eigenvalue weighted by atomic mass is 127. The Bertz CT molecular complexity index is 731. The number of anilines is 1. The van der Waals surface area contributed by atoms with Crippen LogP contribution in [0, 0.1) is 0 Å². The molecule has 0 atom stereocenters. The first-order valence-corrected chi connectivity index (χ1v) is 10.1. The molecular weight excluding hydrogens is 477 g/mol. The molecule has 0 amide bonds. The lowest BCUT2D eigenvalue weighted by Crippen LogP contribution is -2.48. The average Bonchev–Trinajstić information content (AvgIpc) is 2.77. The van der Waals surface area contributed by atoms with Crippen LogP contribution in [0.4, 0.5) is 5.69 Å². The number of hydrogen-bond acceptors (Lipinski definition) is 4. The number of halogens is 1. The molecule has 3 rings (SSSR count). The molecule has 2 N–H and O–H groups in total. The van der Waals surface area contributed by atoms with Crippen LogP contribution in [0.2, 0.25) is 0 Å². The quantitative estimate of drug-likeness (QED) is 0.338. The lowest BCUT2D eigenvalue weighted by Gasteiger charge is -2.34. The minimum atomic E-state index is 0. The van der Waals surface area contributed by atoms with Crippen molar-refractivity contribution in [3.63, 3.8) is 0 Å². The van der Waals surface area contributed by atoms with Crippen molar-refractivity contribution >= 4 is 35.6 Å². The molecule has 2 heterocycles. The van der Waals surface area contributed by atoms with E-state index in [4.69, 9.17) is 4.74 Å². The fourth-order valence-electron chi connectivity index (χ4n) is 3.30. The number of piperidine rings is 1. The van der Waals surface area contributed by atoms with Crippen molar-refractivity contribution in [1.82, 2.24) is 15.6 Å². The highest BCUT2D eigenvalue weighted by molar-refractivity contribution is 14.0. The molecule has 0 bridgehead atoms. The number of para-hydroxylation sites is 1. The zero-order valence-corrected chi connectivity index (χ0v) is 19.6. The largest absolute Gasteiger partial charge is 0.478 e. The van der Waals surface area contributed by atoms with Crippen molar-refractivity contribution in [2.45, 2.75) is 38.8 Å². The van der Waals surface area contributed by atoms with Gasteiger partial charge >= 0.3 is 0 Å². The molecule has 0 unspecified atom stereocenters. The first-order chi connectivity index (χ1) is 13.8. The Morgan fingerprint density at radius 3 is 2.55 bits per heavy atom. The van der Waals surface area contributed by atoms with Crippen molar-refractivity contribution in [2.24, 2.45) is 4.99 Å². The topological polar surface area (TPSA) is 61.8 Å². The highest BCUT2D eigenvalue weighted by Gasteiger charge is 2.20. The number of hydrogen-bond donors (Lipinski definition) is 2. The summed E-state index contributed by atoms with van der Waals surface area (Å²) in [6.45, 7) is 5.58. The molecule has 0 radical (unpaired) electrons. The third-order valence-electron chi connectivity index (χ3n) is 4.89. The summed E-state index contributed by atoms with van der Waals surface area (Å²) in [7, 11) is 1.81. The maximum atomic E-state index is 5.53. The summed E-state index contributed by atoms with van der Waals surface area (Å²) >= 11 is 0. The summed E-state index contributed by atoms with van der Waals surface area (Å²) in [6, 6.07) is 15.0. The number of nitrogens with one attached hydrogen (secondary N) is 2. The van der Waals surface area contributed by atoms with E-state index in [1.165, 1.54) is 5.69 Å². The van der Waals surface area contributed by atoms with Gasteiger partial charge in [0, 0.05) is 50.7 Å². The van der Waals surface area contributed by atoms with Gasteiger partial charge in [-0.1, -0.05) is 31.2 Å². The monoisotopic (exact) mass is 509 g/mol. The molecule has 1 saturated heterocycles. The number of aromatic nitrogens is 1. The molecule has 0 spiro atoms. The Morgan fingerprint density at radius 2 is 1.93 bits per heavy atom. The number of guanidine groups is 1. The molecule has 158 valence electrons. The summed E-state index contributed by atoms with van der Waals surface area (Å²) in [5.74, 6) is 1.52.